The molecule has 9 heteroatoms. The highest BCUT2D eigenvalue weighted by Gasteiger charge is 2.38. The van der Waals surface area contributed by atoms with E-state index in [0.29, 0.717) is 0 Å². The van der Waals surface area contributed by atoms with E-state index in [1.54, 1.807) is 4.90 Å². The number of amides is 1. The van der Waals surface area contributed by atoms with Crippen LogP contribution in [0.25, 0.3) is 0 Å². The van der Waals surface area contributed by atoms with E-state index in [-0.39, 0.29) is 11.7 Å². The van der Waals surface area contributed by atoms with Gasteiger partial charge < -0.3 is 29.9 Å². The number of morpholine rings is 1. The Bertz CT molecular complexity index is 445. The predicted molar refractivity (Wildman–Crippen MR) is 83.9 cm³/mol. The van der Waals surface area contributed by atoms with Crippen molar-refractivity contribution in [1.29, 1.82) is 0 Å². The van der Waals surface area contributed by atoms with Crippen molar-refractivity contribution in [3.8, 4) is 0 Å². The van der Waals surface area contributed by atoms with Gasteiger partial charge in [-0.15, -0.1) is 0 Å². The molecule has 24 heavy (non-hydrogen) atoms. The first-order chi connectivity index (χ1) is 11.0. The van der Waals surface area contributed by atoms with Gasteiger partial charge in [0, 0.05) is 26.2 Å². The zero-order valence-electron chi connectivity index (χ0n) is 14.3. The van der Waals surface area contributed by atoms with Crippen LogP contribution in [-0.2, 0) is 19.1 Å². The summed E-state index contributed by atoms with van der Waals surface area (Å²) in [6.07, 6.45) is 1.57. The molecule has 0 unspecified atom stereocenters. The molecule has 1 amide bonds. The minimum Gasteiger partial charge on any atom is -0.473 e. The second-order valence-electron chi connectivity index (χ2n) is 6.79. The number of hydrogen-bond donors (Lipinski definition) is 3. The number of likely N-dealkylation sites (tertiary alicyclic amines) is 1. The van der Waals surface area contributed by atoms with Crippen molar-refractivity contribution >= 4 is 18.0 Å². The molecule has 2 aliphatic rings. The number of carboxylic acid groups (broad SMARTS) is 2. The third-order valence-electron chi connectivity index (χ3n) is 3.64. The third kappa shape index (κ3) is 6.71. The molecule has 0 aromatic rings. The van der Waals surface area contributed by atoms with Crippen LogP contribution in [0, 0.1) is 0 Å². The summed E-state index contributed by atoms with van der Waals surface area (Å²) < 4.78 is 11.3. The number of aliphatic carboxylic acids is 2. The van der Waals surface area contributed by atoms with Gasteiger partial charge in [0.15, 0.2) is 0 Å². The van der Waals surface area contributed by atoms with Gasteiger partial charge in [0.25, 0.3) is 0 Å². The quantitative estimate of drug-likeness (QED) is 0.542. The molecule has 9 nitrogen and oxygen atoms in total. The Morgan fingerprint density at radius 3 is 2.04 bits per heavy atom. The maximum atomic E-state index is 11.9. The van der Waals surface area contributed by atoms with E-state index in [4.69, 9.17) is 29.3 Å². The molecular weight excluding hydrogens is 320 g/mol. The number of ether oxygens (including phenoxy) is 2. The van der Waals surface area contributed by atoms with Crippen molar-refractivity contribution in [2.75, 3.05) is 32.8 Å². The lowest BCUT2D eigenvalue weighted by molar-refractivity contribution is -0.159. The Balaban J connectivity index is 0.000000413. The molecule has 2 fully saturated rings. The Kier molecular flexibility index (Phi) is 6.97. The standard InChI is InChI=1S/C13H24N2O3.C2H2O4/c1-12(2,3)18-11(16)15-7-4-13(5-8-15)10-14-6-9-17-13;3-1(4)2(5)6/h14H,4-10H2,1-3H3;(H,3,4)(H,5,6). The van der Waals surface area contributed by atoms with Gasteiger partial charge in [-0.25, -0.2) is 14.4 Å². The topological polar surface area (TPSA) is 125 Å². The van der Waals surface area contributed by atoms with Crippen molar-refractivity contribution in [3.05, 3.63) is 0 Å². The van der Waals surface area contributed by atoms with Crippen LogP contribution < -0.4 is 5.32 Å². The number of hydrogen-bond acceptors (Lipinski definition) is 6. The molecular formula is C15H26N2O7. The fourth-order valence-corrected chi connectivity index (χ4v) is 2.45. The highest BCUT2D eigenvalue weighted by molar-refractivity contribution is 6.27. The number of piperidine rings is 1. The Morgan fingerprint density at radius 1 is 1.12 bits per heavy atom. The normalized spacial score (nSPS) is 19.9. The van der Waals surface area contributed by atoms with Crippen LogP contribution in [0.2, 0.25) is 0 Å². The molecule has 138 valence electrons. The van der Waals surface area contributed by atoms with Crippen LogP contribution in [-0.4, -0.2) is 77.1 Å². The Hall–Kier alpha value is -1.87. The van der Waals surface area contributed by atoms with Crippen molar-refractivity contribution < 1.29 is 34.1 Å². The van der Waals surface area contributed by atoms with Gasteiger partial charge in [0.05, 0.1) is 12.2 Å². The summed E-state index contributed by atoms with van der Waals surface area (Å²) in [6, 6.07) is 0. The second kappa shape index (κ2) is 8.29. The first kappa shape index (κ1) is 20.2. The molecule has 1 spiro atoms. The lowest BCUT2D eigenvalue weighted by atomic mass is 9.90. The van der Waals surface area contributed by atoms with Gasteiger partial charge in [0.2, 0.25) is 0 Å². The molecule has 2 aliphatic heterocycles. The molecule has 0 bridgehead atoms. The molecule has 0 aromatic carbocycles. The largest absolute Gasteiger partial charge is 0.473 e. The van der Waals surface area contributed by atoms with Crippen molar-refractivity contribution in [3.63, 3.8) is 0 Å². The fraction of sp³-hybridized carbons (Fsp3) is 0.800. The average molecular weight is 346 g/mol. The number of rotatable bonds is 0. The summed E-state index contributed by atoms with van der Waals surface area (Å²) in [5.74, 6) is -3.65. The van der Waals surface area contributed by atoms with E-state index in [2.05, 4.69) is 5.32 Å². The monoisotopic (exact) mass is 346 g/mol. The highest BCUT2D eigenvalue weighted by Crippen LogP contribution is 2.28. The summed E-state index contributed by atoms with van der Waals surface area (Å²) in [4.78, 5) is 31.9. The highest BCUT2D eigenvalue weighted by atomic mass is 16.6. The zero-order valence-corrected chi connectivity index (χ0v) is 14.3. The van der Waals surface area contributed by atoms with Gasteiger partial charge in [-0.3, -0.25) is 0 Å². The number of nitrogens with one attached hydrogen (secondary N) is 1. The van der Waals surface area contributed by atoms with Crippen molar-refractivity contribution in [1.82, 2.24) is 10.2 Å². The van der Waals surface area contributed by atoms with E-state index >= 15 is 0 Å². The first-order valence-corrected chi connectivity index (χ1v) is 7.83. The van der Waals surface area contributed by atoms with Crippen LogP contribution in [0.5, 0.6) is 0 Å². The van der Waals surface area contributed by atoms with E-state index in [0.717, 1.165) is 45.6 Å². The number of carbonyl (C=O) groups excluding carboxylic acids is 1. The molecule has 2 heterocycles. The number of nitrogens with zero attached hydrogens (tertiary/aromatic N) is 1. The van der Waals surface area contributed by atoms with Crippen LogP contribution >= 0.6 is 0 Å². The summed E-state index contributed by atoms with van der Waals surface area (Å²) in [6.45, 7) is 9.71. The maximum Gasteiger partial charge on any atom is 0.414 e. The molecule has 0 aliphatic carbocycles. The van der Waals surface area contributed by atoms with Gasteiger partial charge in [-0.05, 0) is 33.6 Å². The minimum atomic E-state index is -1.82. The summed E-state index contributed by atoms with van der Waals surface area (Å²) in [5.41, 5.74) is -0.480. The molecule has 3 N–H and O–H groups in total. The molecule has 2 rings (SSSR count). The molecule has 0 radical (unpaired) electrons. The van der Waals surface area contributed by atoms with Crippen LogP contribution in [0.4, 0.5) is 4.79 Å². The van der Waals surface area contributed by atoms with E-state index in [9.17, 15) is 4.79 Å². The van der Waals surface area contributed by atoms with Gasteiger partial charge in [0.1, 0.15) is 5.60 Å². The SMILES string of the molecule is CC(C)(C)OC(=O)N1CCC2(CC1)CNCCO2.O=C(O)C(=O)O. The predicted octanol–water partition coefficient (Wildman–Crippen LogP) is 0.532. The first-order valence-electron chi connectivity index (χ1n) is 7.83. The van der Waals surface area contributed by atoms with Crippen molar-refractivity contribution in [2.45, 2.75) is 44.8 Å². The molecule has 0 atom stereocenters. The fourth-order valence-electron chi connectivity index (χ4n) is 2.45. The van der Waals surface area contributed by atoms with Gasteiger partial charge in [-0.1, -0.05) is 0 Å². The van der Waals surface area contributed by atoms with Crippen LogP contribution in [0.15, 0.2) is 0 Å². The van der Waals surface area contributed by atoms with E-state index < -0.39 is 17.5 Å². The lowest BCUT2D eigenvalue weighted by Gasteiger charge is -2.44. The summed E-state index contributed by atoms with van der Waals surface area (Å²) in [7, 11) is 0. The summed E-state index contributed by atoms with van der Waals surface area (Å²) >= 11 is 0. The van der Waals surface area contributed by atoms with Crippen LogP contribution in [0.3, 0.4) is 0 Å². The summed E-state index contributed by atoms with van der Waals surface area (Å²) in [5, 5.41) is 18.2. The number of carboxylic acids is 2. The van der Waals surface area contributed by atoms with Gasteiger partial charge >= 0.3 is 18.0 Å². The molecule has 0 aromatic heterocycles. The average Bonchev–Trinajstić information content (AvgIpc) is 2.47. The minimum absolute atomic E-state index is 0.0588. The van der Waals surface area contributed by atoms with Crippen molar-refractivity contribution in [2.24, 2.45) is 0 Å². The smallest absolute Gasteiger partial charge is 0.414 e. The van der Waals surface area contributed by atoms with Crippen LogP contribution in [0.1, 0.15) is 33.6 Å². The lowest BCUT2D eigenvalue weighted by Crippen LogP contribution is -2.56. The Morgan fingerprint density at radius 2 is 1.67 bits per heavy atom. The Labute approximate surface area is 140 Å². The van der Waals surface area contributed by atoms with Gasteiger partial charge in [-0.2, -0.15) is 0 Å². The zero-order chi connectivity index (χ0) is 18.4. The number of carbonyl (C=O) groups is 3. The molecule has 0 saturated carbocycles. The van der Waals surface area contributed by atoms with E-state index in [1.807, 2.05) is 20.8 Å². The third-order valence-corrected chi connectivity index (χ3v) is 3.64. The second-order valence-corrected chi connectivity index (χ2v) is 6.79. The maximum absolute atomic E-state index is 11.9. The van der Waals surface area contributed by atoms with E-state index in [1.165, 1.54) is 0 Å². The molecule has 2 saturated heterocycles.